The Hall–Kier alpha value is -0.720. The molecule has 4 heteroatoms. The van der Waals surface area contributed by atoms with Crippen molar-refractivity contribution in [2.24, 2.45) is 0 Å². The first-order chi connectivity index (χ1) is 3.06. The third kappa shape index (κ3) is 5.28. The van der Waals surface area contributed by atoms with Gasteiger partial charge >= 0.3 is 6.18 Å². The van der Waals surface area contributed by atoms with Gasteiger partial charge in [0, 0.05) is 0 Å². The van der Waals surface area contributed by atoms with Crippen LogP contribution in [-0.2, 0) is 0 Å². The number of rotatable bonds is 0. The average Bonchev–Trinajstić information content (AvgIpc) is 1.30. The first-order valence-corrected chi connectivity index (χ1v) is 1.37. The second kappa shape index (κ2) is 1.82. The number of hydrogen-bond donors (Lipinski definition) is 0. The van der Waals surface area contributed by atoms with E-state index in [-0.39, 0.29) is 6.42 Å². The van der Waals surface area contributed by atoms with Crippen molar-refractivity contribution < 1.29 is 13.2 Å². The molecular formula is C3HF3N. The van der Waals surface area contributed by atoms with E-state index in [1.165, 1.54) is 0 Å². The van der Waals surface area contributed by atoms with Crippen molar-refractivity contribution in [1.82, 2.24) is 0 Å². The highest BCUT2D eigenvalue weighted by Crippen LogP contribution is 2.16. The Morgan fingerprint density at radius 1 is 1.43 bits per heavy atom. The molecule has 0 aliphatic heterocycles. The lowest BCUT2D eigenvalue weighted by atomic mass is 10.5. The molecule has 1 radical (unpaired) electrons. The van der Waals surface area contributed by atoms with Crippen molar-refractivity contribution in [3.8, 4) is 6.07 Å². The molecule has 0 amide bonds. The molecule has 0 bridgehead atoms. The van der Waals surface area contributed by atoms with Crippen molar-refractivity contribution in [3.63, 3.8) is 0 Å². The van der Waals surface area contributed by atoms with Crippen molar-refractivity contribution in [1.29, 1.82) is 5.26 Å². The van der Waals surface area contributed by atoms with E-state index in [1.807, 2.05) is 0 Å². The van der Waals surface area contributed by atoms with Crippen molar-refractivity contribution in [2.45, 2.75) is 6.18 Å². The first kappa shape index (κ1) is 6.28. The fourth-order valence-corrected chi connectivity index (χ4v) is 0.0732. The summed E-state index contributed by atoms with van der Waals surface area (Å²) in [4.78, 5) is 0. The molecule has 0 unspecified atom stereocenters. The van der Waals surface area contributed by atoms with E-state index in [2.05, 4.69) is 0 Å². The summed E-state index contributed by atoms with van der Waals surface area (Å²) in [6.07, 6.45) is -4.82. The molecule has 0 aromatic heterocycles. The van der Waals surface area contributed by atoms with Crippen LogP contribution in [0.5, 0.6) is 0 Å². The monoisotopic (exact) mass is 108 g/mol. The second-order valence-corrected chi connectivity index (χ2v) is 0.815. The number of alkyl halides is 3. The van der Waals surface area contributed by atoms with Gasteiger partial charge in [-0.2, -0.15) is 18.4 Å². The van der Waals surface area contributed by atoms with Gasteiger partial charge in [0.2, 0.25) is 0 Å². The summed E-state index contributed by atoms with van der Waals surface area (Å²) in [7, 11) is 0. The lowest BCUT2D eigenvalue weighted by Gasteiger charge is -1.93. The fraction of sp³-hybridized carbons (Fsp3) is 0.333. The summed E-state index contributed by atoms with van der Waals surface area (Å²) >= 11 is 0. The highest BCUT2D eigenvalue weighted by atomic mass is 19.4. The molecule has 0 aromatic carbocycles. The van der Waals surface area contributed by atoms with Gasteiger partial charge < -0.3 is 0 Å². The van der Waals surface area contributed by atoms with Gasteiger partial charge in [-0.05, 0) is 0 Å². The summed E-state index contributed by atoms with van der Waals surface area (Å²) in [5.74, 6) is 0. The maximum absolute atomic E-state index is 10.8. The van der Waals surface area contributed by atoms with Crippen LogP contribution in [0.25, 0.3) is 0 Å². The summed E-state index contributed by atoms with van der Waals surface area (Å²) in [5, 5.41) is 7.38. The molecule has 0 rings (SSSR count). The van der Waals surface area contributed by atoms with E-state index in [4.69, 9.17) is 5.26 Å². The molecule has 0 atom stereocenters. The largest absolute Gasteiger partial charge is 0.406 e. The van der Waals surface area contributed by atoms with Gasteiger partial charge in [0.05, 0.1) is 6.07 Å². The summed E-state index contributed by atoms with van der Waals surface area (Å²) in [6.45, 7) is 0. The van der Waals surface area contributed by atoms with E-state index in [1.54, 1.807) is 0 Å². The van der Waals surface area contributed by atoms with Gasteiger partial charge in [-0.15, -0.1) is 0 Å². The Morgan fingerprint density at radius 2 is 1.86 bits per heavy atom. The van der Waals surface area contributed by atoms with Gasteiger partial charge in [0.15, 0.2) is 6.42 Å². The molecule has 0 aliphatic rings. The van der Waals surface area contributed by atoms with Crippen molar-refractivity contribution in [2.75, 3.05) is 0 Å². The van der Waals surface area contributed by atoms with E-state index in [0.717, 1.165) is 6.07 Å². The average molecular weight is 108 g/mol. The van der Waals surface area contributed by atoms with E-state index >= 15 is 0 Å². The molecular weight excluding hydrogens is 107 g/mol. The van der Waals surface area contributed by atoms with Gasteiger partial charge in [0.25, 0.3) is 0 Å². The highest BCUT2D eigenvalue weighted by Gasteiger charge is 2.26. The fourth-order valence-electron chi connectivity index (χ4n) is 0.0732. The van der Waals surface area contributed by atoms with Gasteiger partial charge in [-0.3, -0.25) is 0 Å². The number of nitrogens with zero attached hydrogens (tertiary/aromatic N) is 1. The van der Waals surface area contributed by atoms with Crippen LogP contribution in [0.3, 0.4) is 0 Å². The van der Waals surface area contributed by atoms with Crippen LogP contribution >= 0.6 is 0 Å². The second-order valence-electron chi connectivity index (χ2n) is 0.815. The predicted molar refractivity (Wildman–Crippen MR) is 16.0 cm³/mol. The minimum absolute atomic E-state index is 0.382. The molecule has 0 fully saturated rings. The van der Waals surface area contributed by atoms with Crippen LogP contribution in [0.1, 0.15) is 0 Å². The zero-order chi connectivity index (χ0) is 5.91. The summed E-state index contributed by atoms with van der Waals surface area (Å²) in [5.41, 5.74) is 0. The maximum atomic E-state index is 10.8. The SMILES string of the molecule is N#C[CH]C(F)(F)F. The molecule has 0 aliphatic carbocycles. The summed E-state index contributed by atoms with van der Waals surface area (Å²) in [6, 6.07) is 0.858. The standard InChI is InChI=1S/C3HF3N/c4-3(5,6)1-2-7/h1H. The molecule has 0 N–H and O–H groups in total. The van der Waals surface area contributed by atoms with E-state index < -0.39 is 6.18 Å². The molecule has 0 heterocycles. The molecule has 7 heavy (non-hydrogen) atoms. The quantitative estimate of drug-likeness (QED) is 0.458. The van der Waals surface area contributed by atoms with Gasteiger partial charge in [-0.1, -0.05) is 0 Å². The molecule has 39 valence electrons. The zero-order valence-electron chi connectivity index (χ0n) is 3.16. The topological polar surface area (TPSA) is 23.8 Å². The lowest BCUT2D eigenvalue weighted by molar-refractivity contribution is -0.0910. The Bertz CT molecular complexity index is 87.3. The Kier molecular flexibility index (Phi) is 1.64. The summed E-state index contributed by atoms with van der Waals surface area (Å²) < 4.78 is 32.3. The minimum atomic E-state index is -4.44. The first-order valence-electron chi connectivity index (χ1n) is 1.37. The van der Waals surface area contributed by atoms with Crippen LogP contribution in [-0.4, -0.2) is 6.18 Å². The molecule has 1 nitrogen and oxygen atoms in total. The van der Waals surface area contributed by atoms with Crippen LogP contribution in [0, 0.1) is 17.8 Å². The van der Waals surface area contributed by atoms with Crippen LogP contribution in [0.15, 0.2) is 0 Å². The molecule has 0 saturated heterocycles. The lowest BCUT2D eigenvalue weighted by Crippen LogP contribution is -2.05. The molecule has 0 saturated carbocycles. The Balaban J connectivity index is 3.40. The van der Waals surface area contributed by atoms with Crippen molar-refractivity contribution >= 4 is 0 Å². The van der Waals surface area contributed by atoms with Crippen LogP contribution in [0.4, 0.5) is 13.2 Å². The van der Waals surface area contributed by atoms with E-state index in [0.29, 0.717) is 0 Å². The minimum Gasteiger partial charge on any atom is -0.198 e. The maximum Gasteiger partial charge on any atom is 0.406 e. The predicted octanol–water partition coefficient (Wildman–Crippen LogP) is 1.28. The van der Waals surface area contributed by atoms with Crippen LogP contribution in [0.2, 0.25) is 0 Å². The number of nitriles is 1. The molecule has 0 spiro atoms. The number of hydrogen-bond acceptors (Lipinski definition) is 1. The smallest absolute Gasteiger partial charge is 0.198 e. The van der Waals surface area contributed by atoms with Gasteiger partial charge in [0.1, 0.15) is 0 Å². The Labute approximate surface area is 38.4 Å². The highest BCUT2D eigenvalue weighted by molar-refractivity contribution is 4.96. The Morgan fingerprint density at radius 3 is 1.86 bits per heavy atom. The normalized spacial score (nSPS) is 10.6. The number of halogens is 3. The van der Waals surface area contributed by atoms with Gasteiger partial charge in [-0.25, -0.2) is 0 Å². The molecule has 0 aromatic rings. The zero-order valence-corrected chi connectivity index (χ0v) is 3.16. The van der Waals surface area contributed by atoms with Crippen LogP contribution < -0.4 is 0 Å². The third-order valence-corrected chi connectivity index (χ3v) is 0.228. The third-order valence-electron chi connectivity index (χ3n) is 0.228. The van der Waals surface area contributed by atoms with Crippen molar-refractivity contribution in [3.05, 3.63) is 6.42 Å². The van der Waals surface area contributed by atoms with E-state index in [9.17, 15) is 13.2 Å².